The van der Waals surface area contributed by atoms with Crippen molar-refractivity contribution in [1.82, 2.24) is 0 Å². The predicted molar refractivity (Wildman–Crippen MR) is 102 cm³/mol. The van der Waals surface area contributed by atoms with Gasteiger partial charge in [-0.1, -0.05) is 76.3 Å². The van der Waals surface area contributed by atoms with Crippen LogP contribution in [0.4, 0.5) is 0 Å². The number of hydrogen-bond donors (Lipinski definition) is 0. The highest BCUT2D eigenvalue weighted by Gasteiger charge is 2.26. The minimum Gasteiger partial charge on any atom is -0.483 e. The molecule has 0 N–H and O–H groups in total. The van der Waals surface area contributed by atoms with Crippen molar-refractivity contribution in [2.24, 2.45) is 0 Å². The minimum atomic E-state index is -0.195. The van der Waals surface area contributed by atoms with Crippen molar-refractivity contribution in [1.29, 1.82) is 0 Å². The molecular weight excluding hydrogens is 287 g/mol. The van der Waals surface area contributed by atoms with E-state index in [1.165, 1.54) is 24.0 Å². The molecule has 1 aromatic carbocycles. The highest BCUT2D eigenvalue weighted by Crippen LogP contribution is 2.39. The summed E-state index contributed by atoms with van der Waals surface area (Å²) in [5.41, 5.74) is 2.89. The zero-order valence-electron chi connectivity index (χ0n) is 15.8. The van der Waals surface area contributed by atoms with Gasteiger partial charge in [0.05, 0.1) is 0 Å². The Labute approximate surface area is 140 Å². The third-order valence-electron chi connectivity index (χ3n) is 4.02. The van der Waals surface area contributed by atoms with Crippen LogP contribution in [0.25, 0.3) is 0 Å². The molecule has 0 aliphatic heterocycles. The molecule has 0 bridgehead atoms. The first-order valence-electron chi connectivity index (χ1n) is 8.50. The molecule has 0 fully saturated rings. The van der Waals surface area contributed by atoms with Gasteiger partial charge in [-0.15, -0.1) is 0 Å². The molecular formula is C20H35OP. The molecule has 1 aromatic rings. The Balaban J connectivity index is 3.20. The average Bonchev–Trinajstić information content (AvgIpc) is 2.33. The Bertz CT molecular complexity index is 489. The van der Waals surface area contributed by atoms with E-state index in [-0.39, 0.29) is 16.2 Å². The zero-order valence-corrected chi connectivity index (χ0v) is 17.0. The second-order valence-corrected chi connectivity index (χ2v) is 9.95. The summed E-state index contributed by atoms with van der Waals surface area (Å²) in [5.74, 6) is 1.02. The second kappa shape index (κ2) is 6.91. The fourth-order valence-electron chi connectivity index (χ4n) is 2.50. The van der Waals surface area contributed by atoms with Crippen molar-refractivity contribution in [3.63, 3.8) is 0 Å². The molecule has 0 saturated heterocycles. The molecule has 1 rings (SSSR count). The van der Waals surface area contributed by atoms with E-state index in [2.05, 4.69) is 82.8 Å². The Morgan fingerprint density at radius 1 is 0.955 bits per heavy atom. The van der Waals surface area contributed by atoms with Gasteiger partial charge in [0.15, 0.2) is 0 Å². The molecule has 2 unspecified atom stereocenters. The van der Waals surface area contributed by atoms with Gasteiger partial charge in [-0.25, -0.2) is 0 Å². The van der Waals surface area contributed by atoms with Crippen LogP contribution in [0.15, 0.2) is 18.2 Å². The van der Waals surface area contributed by atoms with Gasteiger partial charge in [0.1, 0.15) is 11.1 Å². The van der Waals surface area contributed by atoms with Gasteiger partial charge in [0, 0.05) is 0 Å². The third-order valence-corrected chi connectivity index (χ3v) is 4.43. The van der Waals surface area contributed by atoms with Crippen molar-refractivity contribution in [2.75, 3.05) is 0 Å². The number of ether oxygens (including phenoxy) is 1. The van der Waals surface area contributed by atoms with E-state index in [4.69, 9.17) is 4.74 Å². The molecule has 0 radical (unpaired) electrons. The average molecular weight is 322 g/mol. The topological polar surface area (TPSA) is 9.23 Å². The standard InChI is InChI=1S/C20H35OP/c1-9-10-13-20(8,22)21-17-12-11-15(18(2,3)4)14-16(17)19(5,6)7/h11-12,14H,9-10,13,22H2,1-8H3. The lowest BCUT2D eigenvalue weighted by Crippen LogP contribution is -2.26. The molecule has 0 amide bonds. The van der Waals surface area contributed by atoms with Crippen LogP contribution >= 0.6 is 9.24 Å². The zero-order chi connectivity index (χ0) is 17.2. The van der Waals surface area contributed by atoms with Crippen LogP contribution in [0.1, 0.15) is 85.8 Å². The van der Waals surface area contributed by atoms with Crippen LogP contribution in [0, 0.1) is 0 Å². The molecule has 2 atom stereocenters. The van der Waals surface area contributed by atoms with E-state index in [1.807, 2.05) is 0 Å². The Hall–Kier alpha value is -0.550. The summed E-state index contributed by atoms with van der Waals surface area (Å²) in [4.78, 5) is 0. The normalized spacial score (nSPS) is 15.5. The largest absolute Gasteiger partial charge is 0.483 e. The monoisotopic (exact) mass is 322 g/mol. The predicted octanol–water partition coefficient (Wildman–Crippen LogP) is 6.44. The van der Waals surface area contributed by atoms with Crippen LogP contribution in [0.3, 0.4) is 0 Å². The van der Waals surface area contributed by atoms with Crippen LogP contribution in [0.2, 0.25) is 0 Å². The first-order valence-corrected chi connectivity index (χ1v) is 9.07. The molecule has 0 saturated carbocycles. The lowest BCUT2D eigenvalue weighted by atomic mass is 9.80. The number of unbranched alkanes of at least 4 members (excludes halogenated alkanes) is 1. The quantitative estimate of drug-likeness (QED) is 0.567. The van der Waals surface area contributed by atoms with E-state index in [9.17, 15) is 0 Å². The summed E-state index contributed by atoms with van der Waals surface area (Å²) in [6.07, 6.45) is 3.44. The van der Waals surface area contributed by atoms with Crippen LogP contribution in [-0.2, 0) is 10.8 Å². The van der Waals surface area contributed by atoms with E-state index in [0.29, 0.717) is 0 Å². The summed E-state index contributed by atoms with van der Waals surface area (Å²) in [6.45, 7) is 17.9. The molecule has 0 spiro atoms. The maximum absolute atomic E-state index is 6.39. The lowest BCUT2D eigenvalue weighted by molar-refractivity contribution is 0.167. The Kier molecular flexibility index (Phi) is 6.13. The fraction of sp³-hybridized carbons (Fsp3) is 0.700. The fourth-order valence-corrected chi connectivity index (χ4v) is 2.83. The van der Waals surface area contributed by atoms with Gasteiger partial charge in [-0.2, -0.15) is 0 Å². The summed E-state index contributed by atoms with van der Waals surface area (Å²) in [6, 6.07) is 6.70. The maximum atomic E-state index is 6.39. The van der Waals surface area contributed by atoms with Gasteiger partial charge in [-0.3, -0.25) is 0 Å². The Morgan fingerprint density at radius 3 is 2.00 bits per heavy atom. The van der Waals surface area contributed by atoms with Crippen molar-refractivity contribution in [3.05, 3.63) is 29.3 Å². The number of rotatable bonds is 5. The highest BCUT2D eigenvalue weighted by atomic mass is 31.0. The van der Waals surface area contributed by atoms with Crippen LogP contribution < -0.4 is 4.74 Å². The maximum Gasteiger partial charge on any atom is 0.124 e. The molecule has 2 heteroatoms. The highest BCUT2D eigenvalue weighted by molar-refractivity contribution is 7.18. The van der Waals surface area contributed by atoms with Gasteiger partial charge >= 0.3 is 0 Å². The van der Waals surface area contributed by atoms with Gasteiger partial charge in [-0.05, 0) is 47.8 Å². The molecule has 0 heterocycles. The van der Waals surface area contributed by atoms with Crippen molar-refractivity contribution in [3.8, 4) is 5.75 Å². The van der Waals surface area contributed by atoms with Crippen LogP contribution in [-0.4, -0.2) is 5.34 Å². The molecule has 1 nitrogen and oxygen atoms in total. The molecule has 0 aliphatic carbocycles. The van der Waals surface area contributed by atoms with E-state index < -0.39 is 0 Å². The molecule has 22 heavy (non-hydrogen) atoms. The summed E-state index contributed by atoms with van der Waals surface area (Å²) >= 11 is 0. The summed E-state index contributed by atoms with van der Waals surface area (Å²) in [7, 11) is 2.89. The van der Waals surface area contributed by atoms with E-state index >= 15 is 0 Å². The Morgan fingerprint density at radius 2 is 1.55 bits per heavy atom. The van der Waals surface area contributed by atoms with Gasteiger partial charge in [0.25, 0.3) is 0 Å². The SMILES string of the molecule is CCCCC(C)(P)Oc1ccc(C(C)(C)C)cc1C(C)(C)C. The number of benzene rings is 1. The third kappa shape index (κ3) is 5.58. The number of hydrogen-bond acceptors (Lipinski definition) is 1. The lowest BCUT2D eigenvalue weighted by Gasteiger charge is -2.32. The summed E-state index contributed by atoms with van der Waals surface area (Å²) in [5, 5.41) is -0.195. The van der Waals surface area contributed by atoms with Crippen LogP contribution in [0.5, 0.6) is 5.75 Å². The molecule has 126 valence electrons. The smallest absolute Gasteiger partial charge is 0.124 e. The molecule has 0 aromatic heterocycles. The first kappa shape index (κ1) is 19.5. The van der Waals surface area contributed by atoms with Gasteiger partial charge < -0.3 is 4.74 Å². The second-order valence-electron chi connectivity index (χ2n) is 8.73. The van der Waals surface area contributed by atoms with Crippen molar-refractivity contribution in [2.45, 2.75) is 90.8 Å². The van der Waals surface area contributed by atoms with Gasteiger partial charge in [0.2, 0.25) is 0 Å². The van der Waals surface area contributed by atoms with E-state index in [0.717, 1.165) is 12.2 Å². The van der Waals surface area contributed by atoms with E-state index in [1.54, 1.807) is 0 Å². The van der Waals surface area contributed by atoms with Crippen molar-refractivity contribution >= 4 is 9.24 Å². The van der Waals surface area contributed by atoms with Crippen molar-refractivity contribution < 1.29 is 4.74 Å². The molecule has 0 aliphatic rings. The minimum absolute atomic E-state index is 0.0715. The summed E-state index contributed by atoms with van der Waals surface area (Å²) < 4.78 is 6.39. The first-order chi connectivity index (χ1) is 9.87.